The first kappa shape index (κ1) is 25.9. The van der Waals surface area contributed by atoms with E-state index in [-0.39, 0.29) is 39.6 Å². The number of carbonyl (C=O) groups is 2. The van der Waals surface area contributed by atoms with Crippen LogP contribution in [0.3, 0.4) is 0 Å². The zero-order chi connectivity index (χ0) is 28.5. The molecule has 14 heteroatoms. The van der Waals surface area contributed by atoms with Crippen LogP contribution in [0.1, 0.15) is 52.0 Å². The molecule has 0 spiro atoms. The summed E-state index contributed by atoms with van der Waals surface area (Å²) < 4.78 is 73.6. The third-order valence-electron chi connectivity index (χ3n) is 6.85. The van der Waals surface area contributed by atoms with E-state index in [4.69, 9.17) is 17.3 Å². The van der Waals surface area contributed by atoms with E-state index in [9.17, 15) is 27.2 Å². The number of rotatable bonds is 5. The average molecular weight is 577 g/mol. The van der Waals surface area contributed by atoms with Crippen LogP contribution in [0.15, 0.2) is 48.9 Å². The van der Waals surface area contributed by atoms with Gasteiger partial charge in [-0.2, -0.15) is 18.3 Å². The lowest BCUT2D eigenvalue weighted by atomic mass is 9.89. The van der Waals surface area contributed by atoms with E-state index < -0.39 is 52.5 Å². The lowest BCUT2D eigenvalue weighted by Gasteiger charge is -2.28. The van der Waals surface area contributed by atoms with Gasteiger partial charge in [0.05, 0.1) is 35.1 Å². The maximum Gasteiger partial charge on any atom is 0.416 e. The molecule has 40 heavy (non-hydrogen) atoms. The normalized spacial score (nSPS) is 16.9. The van der Waals surface area contributed by atoms with Crippen molar-refractivity contribution in [3.05, 3.63) is 87.8 Å². The number of anilines is 1. The number of benzene rings is 2. The van der Waals surface area contributed by atoms with Gasteiger partial charge < -0.3 is 11.1 Å². The molecule has 1 saturated carbocycles. The van der Waals surface area contributed by atoms with E-state index >= 15 is 4.39 Å². The van der Waals surface area contributed by atoms with E-state index in [1.54, 1.807) is 10.9 Å². The van der Waals surface area contributed by atoms with E-state index in [1.165, 1.54) is 23.0 Å². The molecule has 1 fully saturated rings. The minimum atomic E-state index is -4.96. The highest BCUT2D eigenvalue weighted by Gasteiger charge is 2.38. The number of carbonyl (C=O) groups excluding carboxylic acids is 2. The number of halogens is 6. The van der Waals surface area contributed by atoms with Gasteiger partial charge >= 0.3 is 12.2 Å². The molecule has 1 unspecified atom stereocenters. The Morgan fingerprint density at radius 1 is 1.12 bits per heavy atom. The van der Waals surface area contributed by atoms with Gasteiger partial charge in [-0.3, -0.25) is 19.4 Å². The molecule has 0 radical (unpaired) electrons. The standard InChI is InChI=1S/C26H18ClF5N6O2/c27-18-4-1-12(28)7-15(18)22-21-17(20-16(23(33)39)5-11(6-19(20)29)26(30,31)32)10-37(24(21)36-25(40)35-22)14-8-34-38(9-14)13-2-3-13/h1,4-10,13,22H,2-3H2,(H2,33,39)(H2,35,36,40). The predicted molar refractivity (Wildman–Crippen MR) is 134 cm³/mol. The first-order valence-corrected chi connectivity index (χ1v) is 12.3. The highest BCUT2D eigenvalue weighted by Crippen LogP contribution is 2.46. The zero-order valence-electron chi connectivity index (χ0n) is 20.2. The molecule has 0 saturated heterocycles. The topological polar surface area (TPSA) is 107 Å². The molecule has 3 amide bonds. The van der Waals surface area contributed by atoms with Crippen LogP contribution in [-0.2, 0) is 6.18 Å². The molecule has 0 bridgehead atoms. The fraction of sp³-hybridized carbons (Fsp3) is 0.192. The van der Waals surface area contributed by atoms with Crippen LogP contribution in [-0.4, -0.2) is 26.3 Å². The number of nitrogens with zero attached hydrogens (tertiary/aromatic N) is 3. The highest BCUT2D eigenvalue weighted by atomic mass is 35.5. The fourth-order valence-electron chi connectivity index (χ4n) is 4.89. The minimum absolute atomic E-state index is 0.0582. The average Bonchev–Trinajstić information content (AvgIpc) is 3.50. The number of alkyl halides is 3. The van der Waals surface area contributed by atoms with Gasteiger partial charge in [-0.25, -0.2) is 13.6 Å². The SMILES string of the molecule is NC(=O)c1cc(C(F)(F)F)cc(F)c1-c1cn(-c2cnn(C3CC3)c2)c2c1C(c1cc(F)ccc1Cl)NC(=O)N2. The number of nitrogens with one attached hydrogen (secondary N) is 2. The van der Waals surface area contributed by atoms with Crippen LogP contribution in [0.2, 0.25) is 5.02 Å². The van der Waals surface area contributed by atoms with Gasteiger partial charge in [-0.05, 0) is 43.2 Å². The Hall–Kier alpha value is -4.39. The number of hydrogen-bond acceptors (Lipinski definition) is 3. The Morgan fingerprint density at radius 3 is 2.55 bits per heavy atom. The lowest BCUT2D eigenvalue weighted by Crippen LogP contribution is -2.39. The first-order valence-electron chi connectivity index (χ1n) is 12.0. The van der Waals surface area contributed by atoms with Crippen LogP contribution in [0.25, 0.3) is 16.8 Å². The second-order valence-electron chi connectivity index (χ2n) is 9.52. The van der Waals surface area contributed by atoms with Crippen molar-refractivity contribution in [2.45, 2.75) is 31.1 Å². The summed E-state index contributed by atoms with van der Waals surface area (Å²) in [7, 11) is 0. The van der Waals surface area contributed by atoms with Crippen molar-refractivity contribution < 1.29 is 31.5 Å². The molecule has 4 N–H and O–H groups in total. The van der Waals surface area contributed by atoms with Gasteiger partial charge in [-0.1, -0.05) is 11.6 Å². The fourth-order valence-corrected chi connectivity index (χ4v) is 5.12. The minimum Gasteiger partial charge on any atom is -0.366 e. The number of urea groups is 1. The molecule has 6 rings (SSSR count). The first-order chi connectivity index (χ1) is 18.9. The van der Waals surface area contributed by atoms with E-state index in [2.05, 4.69) is 15.7 Å². The highest BCUT2D eigenvalue weighted by molar-refractivity contribution is 6.31. The van der Waals surface area contributed by atoms with Crippen molar-refractivity contribution in [2.75, 3.05) is 5.32 Å². The summed E-state index contributed by atoms with van der Waals surface area (Å²) in [6, 6.07) is 2.48. The molecule has 3 heterocycles. The maximum absolute atomic E-state index is 15.6. The molecular weight excluding hydrogens is 559 g/mol. The third-order valence-corrected chi connectivity index (χ3v) is 7.19. The van der Waals surface area contributed by atoms with Gasteiger partial charge in [0.15, 0.2) is 0 Å². The zero-order valence-corrected chi connectivity index (χ0v) is 20.9. The Kier molecular flexibility index (Phi) is 5.87. The Labute approximate surface area is 227 Å². The Bertz CT molecular complexity index is 1710. The van der Waals surface area contributed by atoms with Crippen LogP contribution in [0.5, 0.6) is 0 Å². The van der Waals surface area contributed by atoms with Gasteiger partial charge in [0.25, 0.3) is 0 Å². The number of nitrogens with two attached hydrogens (primary N) is 1. The second-order valence-corrected chi connectivity index (χ2v) is 9.93. The quantitative estimate of drug-likeness (QED) is 0.256. The maximum atomic E-state index is 15.6. The van der Waals surface area contributed by atoms with Crippen LogP contribution in [0.4, 0.5) is 32.6 Å². The molecule has 1 aliphatic carbocycles. The van der Waals surface area contributed by atoms with Gasteiger partial charge in [0.1, 0.15) is 17.5 Å². The number of aromatic nitrogens is 3. The van der Waals surface area contributed by atoms with Crippen molar-refractivity contribution in [1.29, 1.82) is 0 Å². The number of amides is 3. The molecular formula is C26H18ClF5N6O2. The Balaban J connectivity index is 1.66. The van der Waals surface area contributed by atoms with E-state index in [0.717, 1.165) is 25.0 Å². The lowest BCUT2D eigenvalue weighted by molar-refractivity contribution is -0.137. The van der Waals surface area contributed by atoms with Gasteiger partial charge in [-0.15, -0.1) is 0 Å². The summed E-state index contributed by atoms with van der Waals surface area (Å²) >= 11 is 6.36. The van der Waals surface area contributed by atoms with Crippen molar-refractivity contribution in [3.8, 4) is 16.8 Å². The van der Waals surface area contributed by atoms with Gasteiger partial charge in [0, 0.05) is 39.7 Å². The van der Waals surface area contributed by atoms with Gasteiger partial charge in [0.2, 0.25) is 5.91 Å². The summed E-state index contributed by atoms with van der Waals surface area (Å²) in [4.78, 5) is 25.2. The smallest absolute Gasteiger partial charge is 0.366 e. The number of fused-ring (bicyclic) bond motifs is 1. The van der Waals surface area contributed by atoms with E-state index in [1.807, 2.05) is 0 Å². The van der Waals surface area contributed by atoms with Crippen LogP contribution in [0, 0.1) is 11.6 Å². The molecule has 2 aromatic carbocycles. The monoisotopic (exact) mass is 576 g/mol. The summed E-state index contributed by atoms with van der Waals surface area (Å²) in [5.74, 6) is -3.28. The summed E-state index contributed by atoms with van der Waals surface area (Å²) in [6.45, 7) is 0. The van der Waals surface area contributed by atoms with Crippen molar-refractivity contribution in [2.24, 2.45) is 5.73 Å². The molecule has 2 aliphatic rings. The number of primary amides is 1. The summed E-state index contributed by atoms with van der Waals surface area (Å²) in [6.07, 6.45) is 1.44. The van der Waals surface area contributed by atoms with Crippen molar-refractivity contribution in [1.82, 2.24) is 19.7 Å². The second kappa shape index (κ2) is 9.08. The number of hydrogen-bond donors (Lipinski definition) is 3. The largest absolute Gasteiger partial charge is 0.416 e. The molecule has 1 aliphatic heterocycles. The molecule has 206 valence electrons. The van der Waals surface area contributed by atoms with Crippen LogP contribution < -0.4 is 16.4 Å². The van der Waals surface area contributed by atoms with Crippen LogP contribution >= 0.6 is 11.6 Å². The third kappa shape index (κ3) is 4.35. The Morgan fingerprint density at radius 2 is 1.88 bits per heavy atom. The molecule has 8 nitrogen and oxygen atoms in total. The summed E-state index contributed by atoms with van der Waals surface area (Å²) in [5.41, 5.74) is 3.34. The summed E-state index contributed by atoms with van der Waals surface area (Å²) in [5, 5.41) is 9.64. The predicted octanol–water partition coefficient (Wildman–Crippen LogP) is 5.95. The van der Waals surface area contributed by atoms with E-state index in [0.29, 0.717) is 11.8 Å². The molecule has 1 atom stereocenters. The van der Waals surface area contributed by atoms with Crippen molar-refractivity contribution >= 4 is 29.4 Å². The van der Waals surface area contributed by atoms with Crippen molar-refractivity contribution in [3.63, 3.8) is 0 Å². The molecule has 4 aromatic rings. The molecule has 2 aromatic heterocycles.